The summed E-state index contributed by atoms with van der Waals surface area (Å²) in [4.78, 5) is 14.3. The molecule has 0 spiro atoms. The number of rotatable bonds is 6. The van der Waals surface area contributed by atoms with E-state index in [4.69, 9.17) is 9.47 Å². The summed E-state index contributed by atoms with van der Waals surface area (Å²) in [5.74, 6) is 0.000308. The molecule has 5 nitrogen and oxygen atoms in total. The van der Waals surface area contributed by atoms with Gasteiger partial charge in [0.15, 0.2) is 0 Å². The number of carboxylic acids is 1. The Balaban J connectivity index is 1.40. The van der Waals surface area contributed by atoms with Crippen molar-refractivity contribution < 1.29 is 19.4 Å². The Hall–Kier alpha value is -2.37. The van der Waals surface area contributed by atoms with Gasteiger partial charge in [0.1, 0.15) is 17.8 Å². The van der Waals surface area contributed by atoms with Gasteiger partial charge in [0.05, 0.1) is 13.2 Å². The summed E-state index contributed by atoms with van der Waals surface area (Å²) in [7, 11) is 0. The van der Waals surface area contributed by atoms with E-state index < -0.39 is 11.4 Å². The standard InChI is InChI=1S/C21H23NO4/c23-20(24)21-14-22(10-11-25-13-16-6-2-1-3-7-16)12-18(21)17-8-4-5-9-19(17)26-15-21/h1-9,18H,10-15H2,(H,23,24)/t18-,21-/m1/s1. The average molecular weight is 353 g/mol. The van der Waals surface area contributed by atoms with Gasteiger partial charge in [0, 0.05) is 25.6 Å². The van der Waals surface area contributed by atoms with Crippen LogP contribution < -0.4 is 4.74 Å². The third-order valence-corrected chi connectivity index (χ3v) is 5.48. The van der Waals surface area contributed by atoms with Crippen molar-refractivity contribution in [2.24, 2.45) is 5.41 Å². The van der Waals surface area contributed by atoms with Gasteiger partial charge in [-0.2, -0.15) is 0 Å². The van der Waals surface area contributed by atoms with Crippen LogP contribution in [-0.2, 0) is 16.1 Å². The van der Waals surface area contributed by atoms with Crippen molar-refractivity contribution in [3.63, 3.8) is 0 Å². The molecule has 2 aliphatic heterocycles. The second-order valence-electron chi connectivity index (χ2n) is 7.11. The van der Waals surface area contributed by atoms with Crippen LogP contribution in [0.25, 0.3) is 0 Å². The Bertz CT molecular complexity index is 779. The maximum atomic E-state index is 12.1. The molecule has 2 aromatic rings. The first-order valence-electron chi connectivity index (χ1n) is 8.98. The van der Waals surface area contributed by atoms with Gasteiger partial charge < -0.3 is 14.6 Å². The molecule has 2 aromatic carbocycles. The topological polar surface area (TPSA) is 59.0 Å². The van der Waals surface area contributed by atoms with Crippen LogP contribution in [0.2, 0.25) is 0 Å². The molecule has 4 rings (SSSR count). The van der Waals surface area contributed by atoms with Crippen LogP contribution in [0.3, 0.4) is 0 Å². The molecule has 2 atom stereocenters. The molecule has 0 aliphatic carbocycles. The second kappa shape index (κ2) is 7.09. The summed E-state index contributed by atoms with van der Waals surface area (Å²) in [6, 6.07) is 17.9. The zero-order valence-electron chi connectivity index (χ0n) is 14.6. The van der Waals surface area contributed by atoms with Gasteiger partial charge in [-0.1, -0.05) is 48.5 Å². The lowest BCUT2D eigenvalue weighted by molar-refractivity contribution is -0.151. The van der Waals surface area contributed by atoms with Gasteiger partial charge in [-0.05, 0) is 17.2 Å². The highest BCUT2D eigenvalue weighted by Gasteiger charge is 2.56. The van der Waals surface area contributed by atoms with Gasteiger partial charge in [-0.3, -0.25) is 9.69 Å². The maximum Gasteiger partial charge on any atom is 0.315 e. The summed E-state index contributed by atoms with van der Waals surface area (Å²) in [5, 5.41) is 9.92. The molecule has 5 heteroatoms. The molecule has 1 fully saturated rings. The lowest BCUT2D eigenvalue weighted by Crippen LogP contribution is -2.45. The molecule has 136 valence electrons. The van der Waals surface area contributed by atoms with Crippen LogP contribution in [0.15, 0.2) is 54.6 Å². The number of fused-ring (bicyclic) bond motifs is 3. The molecular weight excluding hydrogens is 330 g/mol. The number of carboxylic acid groups (broad SMARTS) is 1. The summed E-state index contributed by atoms with van der Waals surface area (Å²) in [6.45, 7) is 3.33. The van der Waals surface area contributed by atoms with Gasteiger partial charge in [0.25, 0.3) is 0 Å². The molecule has 0 radical (unpaired) electrons. The Morgan fingerprint density at radius 2 is 1.96 bits per heavy atom. The van der Waals surface area contributed by atoms with Crippen LogP contribution >= 0.6 is 0 Å². The quantitative estimate of drug-likeness (QED) is 0.809. The molecule has 2 heterocycles. The van der Waals surface area contributed by atoms with E-state index in [-0.39, 0.29) is 12.5 Å². The highest BCUT2D eigenvalue weighted by molar-refractivity contribution is 5.78. The first-order chi connectivity index (χ1) is 12.7. The first kappa shape index (κ1) is 17.1. The van der Waals surface area contributed by atoms with E-state index in [9.17, 15) is 9.90 Å². The van der Waals surface area contributed by atoms with Crippen molar-refractivity contribution in [1.82, 2.24) is 4.90 Å². The normalized spacial score (nSPS) is 24.5. The summed E-state index contributed by atoms with van der Waals surface area (Å²) in [5.41, 5.74) is 1.29. The minimum Gasteiger partial charge on any atom is -0.492 e. The van der Waals surface area contributed by atoms with E-state index in [0.29, 0.717) is 19.8 Å². The number of hydrogen-bond donors (Lipinski definition) is 1. The smallest absolute Gasteiger partial charge is 0.315 e. The predicted octanol–water partition coefficient (Wildman–Crippen LogP) is 2.77. The van der Waals surface area contributed by atoms with Crippen LogP contribution in [-0.4, -0.2) is 48.8 Å². The van der Waals surface area contributed by atoms with Crippen molar-refractivity contribution in [1.29, 1.82) is 0 Å². The zero-order valence-corrected chi connectivity index (χ0v) is 14.6. The summed E-state index contributed by atoms with van der Waals surface area (Å²) >= 11 is 0. The molecule has 0 bridgehead atoms. The van der Waals surface area contributed by atoms with Crippen LogP contribution in [0.4, 0.5) is 0 Å². The fraction of sp³-hybridized carbons (Fsp3) is 0.381. The molecule has 1 saturated heterocycles. The molecule has 2 aliphatic rings. The van der Waals surface area contributed by atoms with Crippen molar-refractivity contribution in [2.45, 2.75) is 12.5 Å². The molecule has 0 saturated carbocycles. The number of carbonyl (C=O) groups is 1. The van der Waals surface area contributed by atoms with Crippen molar-refractivity contribution >= 4 is 5.97 Å². The van der Waals surface area contributed by atoms with Crippen molar-refractivity contribution in [3.05, 3.63) is 65.7 Å². The van der Waals surface area contributed by atoms with Crippen LogP contribution in [0.5, 0.6) is 5.75 Å². The third-order valence-electron chi connectivity index (χ3n) is 5.48. The van der Waals surface area contributed by atoms with Crippen molar-refractivity contribution in [3.8, 4) is 5.75 Å². The van der Waals surface area contributed by atoms with Gasteiger partial charge in [0.2, 0.25) is 0 Å². The molecule has 0 amide bonds. The van der Waals surface area contributed by atoms with E-state index in [1.165, 1.54) is 0 Å². The van der Waals surface area contributed by atoms with E-state index in [1.807, 2.05) is 54.6 Å². The minimum atomic E-state index is -0.867. The highest BCUT2D eigenvalue weighted by Crippen LogP contribution is 2.49. The maximum absolute atomic E-state index is 12.1. The van der Waals surface area contributed by atoms with Gasteiger partial charge in [-0.15, -0.1) is 0 Å². The Labute approximate surface area is 153 Å². The number of likely N-dealkylation sites (tertiary alicyclic amines) is 1. The Morgan fingerprint density at radius 3 is 2.77 bits per heavy atom. The largest absolute Gasteiger partial charge is 0.492 e. The van der Waals surface area contributed by atoms with E-state index in [1.54, 1.807) is 0 Å². The van der Waals surface area contributed by atoms with Gasteiger partial charge >= 0.3 is 5.97 Å². The van der Waals surface area contributed by atoms with Crippen molar-refractivity contribution in [2.75, 3.05) is 32.8 Å². The van der Waals surface area contributed by atoms with E-state index >= 15 is 0 Å². The number of para-hydroxylation sites is 1. The lowest BCUT2D eigenvalue weighted by atomic mass is 9.73. The number of hydrogen-bond acceptors (Lipinski definition) is 4. The number of ether oxygens (including phenoxy) is 2. The first-order valence-corrected chi connectivity index (χ1v) is 8.98. The zero-order chi connectivity index (χ0) is 18.0. The fourth-order valence-corrected chi connectivity index (χ4v) is 4.06. The lowest BCUT2D eigenvalue weighted by Gasteiger charge is -2.35. The highest BCUT2D eigenvalue weighted by atomic mass is 16.5. The Kier molecular flexibility index (Phi) is 4.66. The molecule has 0 aromatic heterocycles. The minimum absolute atomic E-state index is 0.0425. The van der Waals surface area contributed by atoms with E-state index in [2.05, 4.69) is 4.90 Å². The molecule has 26 heavy (non-hydrogen) atoms. The second-order valence-corrected chi connectivity index (χ2v) is 7.11. The number of aliphatic carboxylic acids is 1. The molecular formula is C21H23NO4. The Morgan fingerprint density at radius 1 is 1.19 bits per heavy atom. The molecule has 0 unspecified atom stereocenters. The summed E-state index contributed by atoms with van der Waals surface area (Å²) in [6.07, 6.45) is 0. The van der Waals surface area contributed by atoms with Crippen LogP contribution in [0, 0.1) is 5.41 Å². The summed E-state index contributed by atoms with van der Waals surface area (Å²) < 4.78 is 11.6. The van der Waals surface area contributed by atoms with E-state index in [0.717, 1.165) is 30.0 Å². The SMILES string of the molecule is O=C(O)[C@]12COc3ccccc3[C@H]1CN(CCOCc1ccccc1)C2. The molecule has 1 N–H and O–H groups in total. The third kappa shape index (κ3) is 3.08. The van der Waals surface area contributed by atoms with Crippen LogP contribution in [0.1, 0.15) is 17.0 Å². The monoisotopic (exact) mass is 353 g/mol. The average Bonchev–Trinajstić information content (AvgIpc) is 3.07. The fourth-order valence-electron chi connectivity index (χ4n) is 4.06. The van der Waals surface area contributed by atoms with Gasteiger partial charge in [-0.25, -0.2) is 0 Å². The number of nitrogens with zero attached hydrogens (tertiary/aromatic N) is 1. The predicted molar refractivity (Wildman–Crippen MR) is 97.3 cm³/mol. The number of benzene rings is 2.